The molecule has 0 spiro atoms. The van der Waals surface area contributed by atoms with E-state index in [0.717, 1.165) is 23.4 Å². The summed E-state index contributed by atoms with van der Waals surface area (Å²) in [7, 11) is 0. The smallest absolute Gasteiger partial charge is 0.259 e. The Balaban J connectivity index is 1.63. The van der Waals surface area contributed by atoms with Gasteiger partial charge in [-0.1, -0.05) is 0 Å². The van der Waals surface area contributed by atoms with Gasteiger partial charge in [0.2, 0.25) is 5.91 Å². The van der Waals surface area contributed by atoms with Gasteiger partial charge in [-0.3, -0.25) is 9.59 Å². The van der Waals surface area contributed by atoms with Crippen molar-refractivity contribution in [1.82, 2.24) is 9.78 Å². The number of amides is 2. The highest BCUT2D eigenvalue weighted by molar-refractivity contribution is 6.06. The summed E-state index contributed by atoms with van der Waals surface area (Å²) in [5.74, 6) is -1.86. The van der Waals surface area contributed by atoms with Crippen molar-refractivity contribution in [3.05, 3.63) is 70.5 Å². The van der Waals surface area contributed by atoms with Gasteiger partial charge in [-0.15, -0.1) is 0 Å². The van der Waals surface area contributed by atoms with E-state index in [-0.39, 0.29) is 17.5 Å². The van der Waals surface area contributed by atoms with Gasteiger partial charge in [-0.05, 0) is 56.2 Å². The van der Waals surface area contributed by atoms with Crippen molar-refractivity contribution in [1.29, 1.82) is 0 Å². The molecule has 0 aliphatic carbocycles. The van der Waals surface area contributed by atoms with E-state index in [1.54, 1.807) is 26.0 Å². The Kier molecular flexibility index (Phi) is 4.62. The Bertz CT molecular complexity index is 1150. The lowest BCUT2D eigenvalue weighted by molar-refractivity contribution is -0.116. The normalized spacial score (nSPS) is 13.0. The first-order valence-corrected chi connectivity index (χ1v) is 9.09. The molecule has 1 aliphatic heterocycles. The maximum Gasteiger partial charge on any atom is 0.259 e. The number of hydrogen-bond acceptors (Lipinski definition) is 3. The zero-order valence-electron chi connectivity index (χ0n) is 15.8. The quantitative estimate of drug-likeness (QED) is 0.705. The highest BCUT2D eigenvalue weighted by Gasteiger charge is 2.22. The molecule has 4 rings (SSSR count). The van der Waals surface area contributed by atoms with Gasteiger partial charge in [0, 0.05) is 23.9 Å². The fourth-order valence-electron chi connectivity index (χ4n) is 3.51. The number of nitrogens with zero attached hydrogens (tertiary/aromatic N) is 2. The van der Waals surface area contributed by atoms with E-state index in [1.165, 1.54) is 10.7 Å². The van der Waals surface area contributed by atoms with E-state index in [4.69, 9.17) is 0 Å². The Morgan fingerprint density at radius 3 is 2.69 bits per heavy atom. The van der Waals surface area contributed by atoms with Gasteiger partial charge in [-0.2, -0.15) is 5.10 Å². The third-order valence-corrected chi connectivity index (χ3v) is 4.91. The molecular formula is C21H18F2N4O2. The predicted octanol–water partition coefficient (Wildman–Crippen LogP) is 3.90. The number of anilines is 2. The summed E-state index contributed by atoms with van der Waals surface area (Å²) in [5, 5.41) is 9.88. The molecule has 2 aromatic carbocycles. The fraction of sp³-hybridized carbons (Fsp3) is 0.190. The Morgan fingerprint density at radius 2 is 1.93 bits per heavy atom. The minimum Gasteiger partial charge on any atom is -0.326 e. The predicted molar refractivity (Wildman–Crippen MR) is 104 cm³/mol. The number of fused-ring (bicyclic) bond motifs is 1. The van der Waals surface area contributed by atoms with Crippen LogP contribution in [-0.4, -0.2) is 21.6 Å². The second-order valence-corrected chi connectivity index (χ2v) is 6.93. The van der Waals surface area contributed by atoms with E-state index in [0.29, 0.717) is 35.5 Å². The van der Waals surface area contributed by atoms with Crippen molar-refractivity contribution in [2.75, 3.05) is 10.6 Å². The zero-order chi connectivity index (χ0) is 20.7. The Morgan fingerprint density at radius 1 is 1.14 bits per heavy atom. The summed E-state index contributed by atoms with van der Waals surface area (Å²) in [5.41, 5.74) is 3.52. The molecule has 2 heterocycles. The molecule has 8 heteroatoms. The standard InChI is InChI=1S/C21H18F2N4O2/c1-11-20(12(2)27(26-11)18-7-4-14(22)10-16(18)23)21(29)24-15-5-6-17-13(9-15)3-8-19(28)25-17/h4-7,9-10H,3,8H2,1-2H3,(H,24,29)(H,25,28). The Hall–Kier alpha value is -3.55. The van der Waals surface area contributed by atoms with Crippen LogP contribution < -0.4 is 10.6 Å². The minimum atomic E-state index is -0.765. The van der Waals surface area contributed by atoms with Gasteiger partial charge >= 0.3 is 0 Å². The second kappa shape index (κ2) is 7.12. The van der Waals surface area contributed by atoms with E-state index in [9.17, 15) is 18.4 Å². The van der Waals surface area contributed by atoms with Crippen LogP contribution in [-0.2, 0) is 11.2 Å². The van der Waals surface area contributed by atoms with Gasteiger partial charge in [0.25, 0.3) is 5.91 Å². The van der Waals surface area contributed by atoms with E-state index >= 15 is 0 Å². The summed E-state index contributed by atoms with van der Waals surface area (Å²) < 4.78 is 28.7. The zero-order valence-corrected chi connectivity index (χ0v) is 15.8. The molecule has 2 N–H and O–H groups in total. The third-order valence-electron chi connectivity index (χ3n) is 4.91. The summed E-state index contributed by atoms with van der Waals surface area (Å²) in [6, 6.07) is 8.47. The first kappa shape index (κ1) is 18.8. The van der Waals surface area contributed by atoms with Crippen LogP contribution in [0.4, 0.5) is 20.2 Å². The van der Waals surface area contributed by atoms with Crippen molar-refractivity contribution in [3.8, 4) is 5.69 Å². The highest BCUT2D eigenvalue weighted by Crippen LogP contribution is 2.27. The monoisotopic (exact) mass is 396 g/mol. The number of aryl methyl sites for hydroxylation is 2. The fourth-order valence-corrected chi connectivity index (χ4v) is 3.51. The molecule has 1 aromatic heterocycles. The van der Waals surface area contributed by atoms with Crippen molar-refractivity contribution in [2.45, 2.75) is 26.7 Å². The van der Waals surface area contributed by atoms with E-state index < -0.39 is 11.6 Å². The number of hydrogen-bond donors (Lipinski definition) is 2. The van der Waals surface area contributed by atoms with Crippen molar-refractivity contribution >= 4 is 23.2 Å². The van der Waals surface area contributed by atoms with Gasteiger partial charge in [0.1, 0.15) is 11.5 Å². The number of aromatic nitrogens is 2. The molecule has 6 nitrogen and oxygen atoms in total. The molecule has 2 amide bonds. The molecule has 3 aromatic rings. The van der Waals surface area contributed by atoms with Crippen LogP contribution in [0, 0.1) is 25.5 Å². The van der Waals surface area contributed by atoms with E-state index in [1.807, 2.05) is 6.07 Å². The number of halogens is 2. The molecule has 0 radical (unpaired) electrons. The van der Waals surface area contributed by atoms with Crippen molar-refractivity contribution in [3.63, 3.8) is 0 Å². The lowest BCUT2D eigenvalue weighted by Gasteiger charge is -2.17. The number of carbonyl (C=O) groups is 2. The molecule has 29 heavy (non-hydrogen) atoms. The SMILES string of the molecule is Cc1nn(-c2ccc(F)cc2F)c(C)c1C(=O)Nc1ccc2c(c1)CCC(=O)N2. The first-order valence-electron chi connectivity index (χ1n) is 9.09. The molecular weight excluding hydrogens is 378 g/mol. The summed E-state index contributed by atoms with van der Waals surface area (Å²) >= 11 is 0. The number of nitrogens with one attached hydrogen (secondary N) is 2. The number of benzene rings is 2. The maximum atomic E-state index is 14.2. The van der Waals surface area contributed by atoms with Crippen LogP contribution in [0.15, 0.2) is 36.4 Å². The molecule has 0 atom stereocenters. The molecule has 0 saturated carbocycles. The topological polar surface area (TPSA) is 76.0 Å². The Labute approximate surface area is 165 Å². The molecule has 0 unspecified atom stereocenters. The highest BCUT2D eigenvalue weighted by atomic mass is 19.1. The van der Waals surface area contributed by atoms with Crippen LogP contribution in [0.5, 0.6) is 0 Å². The van der Waals surface area contributed by atoms with Crippen LogP contribution in [0.3, 0.4) is 0 Å². The molecule has 0 fully saturated rings. The lowest BCUT2D eigenvalue weighted by Crippen LogP contribution is -2.19. The van der Waals surface area contributed by atoms with Crippen molar-refractivity contribution in [2.24, 2.45) is 0 Å². The minimum absolute atomic E-state index is 0.0269. The van der Waals surface area contributed by atoms with Crippen LogP contribution >= 0.6 is 0 Å². The summed E-state index contributed by atoms with van der Waals surface area (Å²) in [6.45, 7) is 3.31. The summed E-state index contributed by atoms with van der Waals surface area (Å²) in [4.78, 5) is 24.3. The molecule has 148 valence electrons. The van der Waals surface area contributed by atoms with Gasteiger partial charge in [-0.25, -0.2) is 13.5 Å². The second-order valence-electron chi connectivity index (χ2n) is 6.93. The summed E-state index contributed by atoms with van der Waals surface area (Å²) in [6.07, 6.45) is 1.00. The first-order chi connectivity index (χ1) is 13.8. The largest absolute Gasteiger partial charge is 0.326 e. The lowest BCUT2D eigenvalue weighted by atomic mass is 10.0. The van der Waals surface area contributed by atoms with Crippen molar-refractivity contribution < 1.29 is 18.4 Å². The average molecular weight is 396 g/mol. The number of carbonyl (C=O) groups excluding carboxylic acids is 2. The van der Waals surface area contributed by atoms with Crippen LogP contribution in [0.2, 0.25) is 0 Å². The molecule has 0 bridgehead atoms. The third kappa shape index (κ3) is 3.49. The van der Waals surface area contributed by atoms with Crippen LogP contribution in [0.1, 0.15) is 33.7 Å². The van der Waals surface area contributed by atoms with Crippen LogP contribution in [0.25, 0.3) is 5.69 Å². The maximum absolute atomic E-state index is 14.2. The van der Waals surface area contributed by atoms with E-state index in [2.05, 4.69) is 15.7 Å². The van der Waals surface area contributed by atoms with Gasteiger partial charge in [0.05, 0.1) is 17.0 Å². The van der Waals surface area contributed by atoms with Gasteiger partial charge in [0.15, 0.2) is 5.82 Å². The average Bonchev–Trinajstić information content (AvgIpc) is 2.96. The number of rotatable bonds is 3. The molecule has 0 saturated heterocycles. The molecule has 1 aliphatic rings. The van der Waals surface area contributed by atoms with Gasteiger partial charge < -0.3 is 10.6 Å².